The van der Waals surface area contributed by atoms with E-state index in [4.69, 9.17) is 0 Å². The second-order valence-electron chi connectivity index (χ2n) is 8.37. The Kier molecular flexibility index (Phi) is 5.86. The summed E-state index contributed by atoms with van der Waals surface area (Å²) in [6, 6.07) is 19.2. The maximum Gasteiger partial charge on any atom is 0.271 e. The van der Waals surface area contributed by atoms with Gasteiger partial charge < -0.3 is 15.2 Å². The minimum atomic E-state index is -0.403. The Labute approximate surface area is 199 Å². The monoisotopic (exact) mass is 472 g/mol. The van der Waals surface area contributed by atoms with Crippen molar-refractivity contribution in [3.05, 3.63) is 93.3 Å². The third-order valence-electron chi connectivity index (χ3n) is 6.16. The number of halogens is 1. The van der Waals surface area contributed by atoms with Crippen molar-refractivity contribution in [3.63, 3.8) is 0 Å². The Morgan fingerprint density at radius 1 is 1.12 bits per heavy atom. The Bertz CT molecular complexity index is 1450. The van der Waals surface area contributed by atoms with Crippen LogP contribution in [0.5, 0.6) is 0 Å². The summed E-state index contributed by atoms with van der Waals surface area (Å²) in [5, 5.41) is 19.6. The zero-order valence-electron chi connectivity index (χ0n) is 18.1. The number of anilines is 2. The first-order chi connectivity index (χ1) is 16.5. The number of carbonyl (C=O) groups excluding carboxylic acids is 1. The van der Waals surface area contributed by atoms with E-state index in [2.05, 4.69) is 16.7 Å². The molecule has 34 heavy (non-hydrogen) atoms. The molecule has 0 saturated heterocycles. The number of carbonyl (C=O) groups is 1. The highest BCUT2D eigenvalue weighted by Gasteiger charge is 2.35. The molecule has 1 fully saturated rings. The minimum Gasteiger partial charge on any atom is -0.380 e. The molecular weight excluding hydrogens is 451 g/mol. The van der Waals surface area contributed by atoms with Crippen molar-refractivity contribution in [1.29, 1.82) is 5.26 Å². The van der Waals surface area contributed by atoms with E-state index >= 15 is 0 Å². The number of thiophene rings is 1. The number of nitrogens with zero attached hydrogens (tertiary/aromatic N) is 2. The standard InChI is InChI=1S/C26H21FN4O2S/c27-18-9-7-16(8-10-18)15-31-22-5-2-1-4-20(22)24(21(14-28)26(31)33)29-19-12-17(13-19)25(32)30-23-6-3-11-34-23/h1-11,17,19,29H,12-13,15H2,(H,30,32). The van der Waals surface area contributed by atoms with Gasteiger partial charge in [0.1, 0.15) is 17.4 Å². The fourth-order valence-electron chi connectivity index (χ4n) is 4.32. The molecule has 170 valence electrons. The van der Waals surface area contributed by atoms with Gasteiger partial charge in [-0.05, 0) is 54.1 Å². The van der Waals surface area contributed by atoms with Gasteiger partial charge in [0.25, 0.3) is 5.56 Å². The van der Waals surface area contributed by atoms with Crippen molar-refractivity contribution in [2.24, 2.45) is 5.92 Å². The predicted molar refractivity (Wildman–Crippen MR) is 132 cm³/mol. The van der Waals surface area contributed by atoms with Crippen LogP contribution in [0.2, 0.25) is 0 Å². The number of pyridine rings is 1. The molecule has 4 aromatic rings. The van der Waals surface area contributed by atoms with Crippen molar-refractivity contribution < 1.29 is 9.18 Å². The molecule has 0 radical (unpaired) electrons. The highest BCUT2D eigenvalue weighted by atomic mass is 32.1. The second kappa shape index (κ2) is 9.12. The Balaban J connectivity index is 1.41. The number of para-hydroxylation sites is 1. The van der Waals surface area contributed by atoms with Crippen LogP contribution in [0.3, 0.4) is 0 Å². The van der Waals surface area contributed by atoms with Crippen molar-refractivity contribution in [2.45, 2.75) is 25.4 Å². The van der Waals surface area contributed by atoms with E-state index in [0.29, 0.717) is 24.0 Å². The molecule has 2 N–H and O–H groups in total. The summed E-state index contributed by atoms with van der Waals surface area (Å²) in [4.78, 5) is 25.8. The second-order valence-corrected chi connectivity index (χ2v) is 9.32. The first-order valence-electron chi connectivity index (χ1n) is 10.9. The topological polar surface area (TPSA) is 86.9 Å². The fourth-order valence-corrected chi connectivity index (χ4v) is 4.94. The van der Waals surface area contributed by atoms with Gasteiger partial charge in [0, 0.05) is 17.3 Å². The summed E-state index contributed by atoms with van der Waals surface area (Å²) in [7, 11) is 0. The molecule has 2 aromatic carbocycles. The molecule has 0 atom stereocenters. The van der Waals surface area contributed by atoms with Gasteiger partial charge in [0.15, 0.2) is 0 Å². The quantitative estimate of drug-likeness (QED) is 0.416. The number of hydrogen-bond donors (Lipinski definition) is 2. The number of nitrogens with one attached hydrogen (secondary N) is 2. The molecule has 2 aromatic heterocycles. The number of benzene rings is 2. The van der Waals surface area contributed by atoms with Crippen LogP contribution in [-0.4, -0.2) is 16.5 Å². The van der Waals surface area contributed by atoms with Crippen molar-refractivity contribution in [1.82, 2.24) is 4.57 Å². The number of amides is 1. The van der Waals surface area contributed by atoms with Crippen LogP contribution in [0.4, 0.5) is 15.1 Å². The lowest BCUT2D eigenvalue weighted by atomic mass is 9.79. The summed E-state index contributed by atoms with van der Waals surface area (Å²) in [5.41, 5.74) is 1.58. The van der Waals surface area contributed by atoms with Gasteiger partial charge in [0.05, 0.1) is 22.7 Å². The minimum absolute atomic E-state index is 0.0121. The van der Waals surface area contributed by atoms with Crippen molar-refractivity contribution in [3.8, 4) is 6.07 Å². The van der Waals surface area contributed by atoms with Crippen LogP contribution in [0, 0.1) is 23.1 Å². The van der Waals surface area contributed by atoms with Gasteiger partial charge in [-0.3, -0.25) is 9.59 Å². The molecule has 2 heterocycles. The highest BCUT2D eigenvalue weighted by Crippen LogP contribution is 2.34. The fraction of sp³-hybridized carbons (Fsp3) is 0.192. The molecule has 6 nitrogen and oxygen atoms in total. The third-order valence-corrected chi connectivity index (χ3v) is 6.95. The van der Waals surface area contributed by atoms with Crippen LogP contribution in [0.15, 0.2) is 70.8 Å². The maximum absolute atomic E-state index is 13.3. The van der Waals surface area contributed by atoms with E-state index in [1.165, 1.54) is 23.5 Å². The van der Waals surface area contributed by atoms with Crippen molar-refractivity contribution in [2.75, 3.05) is 10.6 Å². The maximum atomic E-state index is 13.3. The van der Waals surface area contributed by atoms with E-state index in [1.807, 2.05) is 41.8 Å². The SMILES string of the molecule is N#Cc1c(NC2CC(C(=O)Nc3cccs3)C2)c2ccccc2n(Cc2ccc(F)cc2)c1=O. The molecule has 1 saturated carbocycles. The van der Waals surface area contributed by atoms with Crippen LogP contribution in [-0.2, 0) is 11.3 Å². The van der Waals surface area contributed by atoms with Crippen LogP contribution < -0.4 is 16.2 Å². The van der Waals surface area contributed by atoms with Crippen LogP contribution in [0.25, 0.3) is 10.9 Å². The zero-order valence-corrected chi connectivity index (χ0v) is 18.9. The first-order valence-corrected chi connectivity index (χ1v) is 11.8. The van der Waals surface area contributed by atoms with E-state index in [9.17, 15) is 19.2 Å². The number of hydrogen-bond acceptors (Lipinski definition) is 5. The number of fused-ring (bicyclic) bond motifs is 1. The van der Waals surface area contributed by atoms with Gasteiger partial charge in [-0.15, -0.1) is 11.3 Å². The van der Waals surface area contributed by atoms with Gasteiger partial charge >= 0.3 is 0 Å². The van der Waals surface area contributed by atoms with E-state index < -0.39 is 5.56 Å². The Morgan fingerprint density at radius 2 is 1.88 bits per heavy atom. The van der Waals surface area contributed by atoms with Crippen LogP contribution in [0.1, 0.15) is 24.0 Å². The lowest BCUT2D eigenvalue weighted by Gasteiger charge is -2.35. The molecular formula is C26H21FN4O2S. The highest BCUT2D eigenvalue weighted by molar-refractivity contribution is 7.14. The van der Waals surface area contributed by atoms with E-state index in [1.54, 1.807) is 16.7 Å². The number of aromatic nitrogens is 1. The lowest BCUT2D eigenvalue weighted by Crippen LogP contribution is -2.42. The molecule has 1 aliphatic rings. The Morgan fingerprint density at radius 3 is 2.59 bits per heavy atom. The summed E-state index contributed by atoms with van der Waals surface area (Å²) < 4.78 is 14.9. The summed E-state index contributed by atoms with van der Waals surface area (Å²) in [6.45, 7) is 0.225. The van der Waals surface area contributed by atoms with Gasteiger partial charge in [0.2, 0.25) is 5.91 Å². The van der Waals surface area contributed by atoms with Gasteiger partial charge in [-0.2, -0.15) is 5.26 Å². The molecule has 1 amide bonds. The largest absolute Gasteiger partial charge is 0.380 e. The van der Waals surface area contributed by atoms with E-state index in [0.717, 1.165) is 16.0 Å². The summed E-state index contributed by atoms with van der Waals surface area (Å²) >= 11 is 1.48. The normalized spacial score (nSPS) is 17.1. The van der Waals surface area contributed by atoms with E-state index in [-0.39, 0.29) is 35.8 Å². The molecule has 0 unspecified atom stereocenters. The lowest BCUT2D eigenvalue weighted by molar-refractivity contribution is -0.122. The third kappa shape index (κ3) is 4.18. The number of nitriles is 1. The summed E-state index contributed by atoms with van der Waals surface area (Å²) in [5.74, 6) is -0.475. The summed E-state index contributed by atoms with van der Waals surface area (Å²) in [6.07, 6.45) is 1.24. The average Bonchev–Trinajstić information content (AvgIpc) is 3.32. The molecule has 0 bridgehead atoms. The molecule has 0 aliphatic heterocycles. The average molecular weight is 473 g/mol. The number of rotatable bonds is 6. The van der Waals surface area contributed by atoms with Gasteiger partial charge in [-0.25, -0.2) is 4.39 Å². The molecule has 1 aliphatic carbocycles. The Hall–Kier alpha value is -3.96. The zero-order chi connectivity index (χ0) is 23.7. The smallest absolute Gasteiger partial charge is 0.271 e. The van der Waals surface area contributed by atoms with Crippen molar-refractivity contribution >= 4 is 38.8 Å². The molecule has 0 spiro atoms. The molecule has 5 rings (SSSR count). The predicted octanol–water partition coefficient (Wildman–Crippen LogP) is 4.95. The van der Waals surface area contributed by atoms with Gasteiger partial charge in [-0.1, -0.05) is 30.3 Å². The first kappa shape index (κ1) is 21.9. The van der Waals surface area contributed by atoms with Crippen LogP contribution >= 0.6 is 11.3 Å². The molecule has 8 heteroatoms.